The summed E-state index contributed by atoms with van der Waals surface area (Å²) in [7, 11) is 3.28. The standard InChI is InChI=1S/C20H18BrNO4S2/c1-22-19(23)18(28-20(22)27)12-13-11-14(21)7-8-15(13)25-9-10-26-17-6-4-3-5-16(17)24-2/h3-8,11-12H,9-10H2,1-2H3/b18-12-. The number of ether oxygens (including phenoxy) is 3. The highest BCUT2D eigenvalue weighted by Crippen LogP contribution is 2.34. The summed E-state index contributed by atoms with van der Waals surface area (Å²) in [5, 5.41) is 0. The maximum atomic E-state index is 12.3. The van der Waals surface area contributed by atoms with Crippen molar-refractivity contribution >= 4 is 56.2 Å². The van der Waals surface area contributed by atoms with E-state index in [-0.39, 0.29) is 5.91 Å². The Hall–Kier alpha value is -2.03. The molecule has 0 atom stereocenters. The molecule has 1 heterocycles. The van der Waals surface area contributed by atoms with E-state index in [1.54, 1.807) is 20.2 Å². The predicted molar refractivity (Wildman–Crippen MR) is 119 cm³/mol. The van der Waals surface area contributed by atoms with Crippen molar-refractivity contribution in [3.05, 3.63) is 57.4 Å². The number of thiocarbonyl (C=S) groups is 1. The second kappa shape index (κ2) is 9.45. The molecule has 0 radical (unpaired) electrons. The minimum Gasteiger partial charge on any atom is -0.493 e. The molecule has 0 aliphatic carbocycles. The first-order valence-electron chi connectivity index (χ1n) is 8.39. The van der Waals surface area contributed by atoms with Gasteiger partial charge in [0.1, 0.15) is 23.3 Å². The van der Waals surface area contributed by atoms with E-state index in [1.165, 1.54) is 16.7 Å². The normalized spacial score (nSPS) is 15.2. The molecule has 1 aliphatic heterocycles. The molecule has 5 nitrogen and oxygen atoms in total. The van der Waals surface area contributed by atoms with Crippen LogP contribution in [-0.2, 0) is 4.79 Å². The number of benzene rings is 2. The highest BCUT2D eigenvalue weighted by Gasteiger charge is 2.29. The Morgan fingerprint density at radius 2 is 1.79 bits per heavy atom. The second-order valence-corrected chi connectivity index (χ2v) is 8.36. The number of likely N-dealkylation sites (N-methyl/N-ethyl adjacent to an activating group) is 1. The molecule has 2 aromatic rings. The molecule has 0 bridgehead atoms. The first-order valence-corrected chi connectivity index (χ1v) is 10.4. The zero-order valence-electron chi connectivity index (χ0n) is 15.3. The number of amides is 1. The predicted octanol–water partition coefficient (Wildman–Crippen LogP) is 4.75. The van der Waals surface area contributed by atoms with E-state index < -0.39 is 0 Å². The van der Waals surface area contributed by atoms with Crippen LogP contribution >= 0.6 is 39.9 Å². The number of methoxy groups -OCH3 is 1. The van der Waals surface area contributed by atoms with Crippen LogP contribution in [-0.4, -0.2) is 42.5 Å². The van der Waals surface area contributed by atoms with Gasteiger partial charge in [-0.3, -0.25) is 9.69 Å². The smallest absolute Gasteiger partial charge is 0.265 e. The molecule has 1 fully saturated rings. The molecule has 8 heteroatoms. The monoisotopic (exact) mass is 479 g/mol. The zero-order chi connectivity index (χ0) is 20.1. The number of rotatable bonds is 7. The van der Waals surface area contributed by atoms with Gasteiger partial charge < -0.3 is 14.2 Å². The van der Waals surface area contributed by atoms with Gasteiger partial charge in [-0.2, -0.15) is 0 Å². The van der Waals surface area contributed by atoms with Crippen molar-refractivity contribution in [2.45, 2.75) is 0 Å². The summed E-state index contributed by atoms with van der Waals surface area (Å²) in [6, 6.07) is 13.1. The number of nitrogens with zero attached hydrogens (tertiary/aromatic N) is 1. The number of thioether (sulfide) groups is 1. The van der Waals surface area contributed by atoms with Crippen LogP contribution in [0.5, 0.6) is 17.2 Å². The minimum absolute atomic E-state index is 0.111. The van der Waals surface area contributed by atoms with E-state index in [9.17, 15) is 4.79 Å². The van der Waals surface area contributed by atoms with Crippen molar-refractivity contribution in [3.8, 4) is 17.2 Å². The van der Waals surface area contributed by atoms with Crippen LogP contribution < -0.4 is 14.2 Å². The molecule has 146 valence electrons. The zero-order valence-corrected chi connectivity index (χ0v) is 18.5. The first-order chi connectivity index (χ1) is 13.5. The summed E-state index contributed by atoms with van der Waals surface area (Å²) in [4.78, 5) is 14.3. The van der Waals surface area contributed by atoms with Gasteiger partial charge >= 0.3 is 0 Å². The first kappa shape index (κ1) is 20.7. The maximum absolute atomic E-state index is 12.3. The minimum atomic E-state index is -0.111. The van der Waals surface area contributed by atoms with Crippen LogP contribution in [0.3, 0.4) is 0 Å². The number of hydrogen-bond acceptors (Lipinski definition) is 6. The van der Waals surface area contributed by atoms with E-state index in [1.807, 2.05) is 42.5 Å². The van der Waals surface area contributed by atoms with E-state index in [2.05, 4.69) is 15.9 Å². The van der Waals surface area contributed by atoms with Gasteiger partial charge in [-0.05, 0) is 36.4 Å². The summed E-state index contributed by atoms with van der Waals surface area (Å²) in [5.41, 5.74) is 0.792. The van der Waals surface area contributed by atoms with Gasteiger partial charge in [-0.25, -0.2) is 0 Å². The Morgan fingerprint density at radius 3 is 2.43 bits per heavy atom. The van der Waals surface area contributed by atoms with Gasteiger partial charge in [0.2, 0.25) is 0 Å². The van der Waals surface area contributed by atoms with Crippen LogP contribution in [0.1, 0.15) is 5.56 Å². The fourth-order valence-electron chi connectivity index (χ4n) is 2.49. The Kier molecular flexibility index (Phi) is 6.98. The lowest BCUT2D eigenvalue weighted by Crippen LogP contribution is -2.22. The summed E-state index contributed by atoms with van der Waals surface area (Å²) >= 11 is 9.93. The van der Waals surface area contributed by atoms with Crippen LogP contribution in [0.25, 0.3) is 6.08 Å². The van der Waals surface area contributed by atoms with E-state index in [4.69, 9.17) is 26.4 Å². The number of halogens is 1. The lowest BCUT2D eigenvalue weighted by molar-refractivity contribution is -0.121. The van der Waals surface area contributed by atoms with Crippen molar-refractivity contribution in [1.82, 2.24) is 4.90 Å². The van der Waals surface area contributed by atoms with E-state index in [0.29, 0.717) is 39.7 Å². The summed E-state index contributed by atoms with van der Waals surface area (Å²) in [6.45, 7) is 0.697. The van der Waals surface area contributed by atoms with Gasteiger partial charge in [-0.1, -0.05) is 52.0 Å². The average Bonchev–Trinajstić information content (AvgIpc) is 2.93. The number of hydrogen-bond donors (Lipinski definition) is 0. The number of carbonyl (C=O) groups excluding carboxylic acids is 1. The molecule has 0 unspecified atom stereocenters. The lowest BCUT2D eigenvalue weighted by Gasteiger charge is -2.13. The van der Waals surface area contributed by atoms with Crippen LogP contribution in [0.4, 0.5) is 0 Å². The van der Waals surface area contributed by atoms with Crippen molar-refractivity contribution in [3.63, 3.8) is 0 Å². The highest BCUT2D eigenvalue weighted by atomic mass is 79.9. The van der Waals surface area contributed by atoms with Crippen molar-refractivity contribution in [1.29, 1.82) is 0 Å². The molecule has 2 aromatic carbocycles. The highest BCUT2D eigenvalue weighted by molar-refractivity contribution is 9.10. The topological polar surface area (TPSA) is 48.0 Å². The van der Waals surface area contributed by atoms with Crippen LogP contribution in [0.15, 0.2) is 51.8 Å². The fourth-order valence-corrected chi connectivity index (χ4v) is 4.04. The van der Waals surface area contributed by atoms with E-state index in [0.717, 1.165) is 10.0 Å². The molecule has 0 aromatic heterocycles. The summed E-state index contributed by atoms with van der Waals surface area (Å²) in [5.74, 6) is 1.89. The third kappa shape index (κ3) is 4.87. The second-order valence-electron chi connectivity index (χ2n) is 5.77. The Balaban J connectivity index is 1.68. The Bertz CT molecular complexity index is 932. The van der Waals surface area contributed by atoms with Crippen molar-refractivity contribution in [2.24, 2.45) is 0 Å². The molecule has 3 rings (SSSR count). The van der Waals surface area contributed by atoms with Gasteiger partial charge in [-0.15, -0.1) is 0 Å². The van der Waals surface area contributed by atoms with Crippen LogP contribution in [0.2, 0.25) is 0 Å². The van der Waals surface area contributed by atoms with Gasteiger partial charge in [0, 0.05) is 17.1 Å². The number of para-hydroxylation sites is 2. The van der Waals surface area contributed by atoms with Gasteiger partial charge in [0.15, 0.2) is 11.5 Å². The molecular weight excluding hydrogens is 462 g/mol. The molecule has 0 saturated carbocycles. The maximum Gasteiger partial charge on any atom is 0.265 e. The summed E-state index contributed by atoms with van der Waals surface area (Å²) in [6.07, 6.45) is 1.80. The SMILES string of the molecule is COc1ccccc1OCCOc1ccc(Br)cc1/C=C1\SC(=S)N(C)C1=O. The molecule has 0 spiro atoms. The summed E-state index contributed by atoms with van der Waals surface area (Å²) < 4.78 is 18.3. The average molecular weight is 480 g/mol. The molecule has 1 saturated heterocycles. The molecular formula is C20H18BrNO4S2. The Morgan fingerprint density at radius 1 is 1.11 bits per heavy atom. The fraction of sp³-hybridized carbons (Fsp3) is 0.200. The lowest BCUT2D eigenvalue weighted by atomic mass is 10.2. The quantitative estimate of drug-likeness (QED) is 0.324. The largest absolute Gasteiger partial charge is 0.493 e. The molecule has 1 aliphatic rings. The van der Waals surface area contributed by atoms with Crippen LogP contribution in [0, 0.1) is 0 Å². The van der Waals surface area contributed by atoms with Crippen molar-refractivity contribution in [2.75, 3.05) is 27.4 Å². The Labute approximate surface area is 181 Å². The van der Waals surface area contributed by atoms with Gasteiger partial charge in [0.25, 0.3) is 5.91 Å². The molecule has 0 N–H and O–H groups in total. The molecule has 28 heavy (non-hydrogen) atoms. The third-order valence-corrected chi connectivity index (χ3v) is 5.89. The third-order valence-electron chi connectivity index (χ3n) is 3.91. The number of carbonyl (C=O) groups is 1. The van der Waals surface area contributed by atoms with Crippen molar-refractivity contribution < 1.29 is 19.0 Å². The molecule has 1 amide bonds. The van der Waals surface area contributed by atoms with E-state index >= 15 is 0 Å². The van der Waals surface area contributed by atoms with Gasteiger partial charge in [0.05, 0.1) is 12.0 Å².